The van der Waals surface area contributed by atoms with Crippen molar-refractivity contribution in [3.63, 3.8) is 0 Å². The zero-order valence-corrected chi connectivity index (χ0v) is 13.9. The minimum absolute atomic E-state index is 0.0829. The van der Waals surface area contributed by atoms with E-state index in [-0.39, 0.29) is 16.6 Å². The van der Waals surface area contributed by atoms with Crippen molar-refractivity contribution in [1.29, 1.82) is 0 Å². The highest BCUT2D eigenvalue weighted by molar-refractivity contribution is 7.89. The monoisotopic (exact) mass is 357 g/mol. The molecule has 1 saturated heterocycles. The molecule has 0 radical (unpaired) electrons. The number of rotatable bonds is 5. The van der Waals surface area contributed by atoms with Crippen molar-refractivity contribution in [2.75, 3.05) is 6.54 Å². The van der Waals surface area contributed by atoms with Crippen molar-refractivity contribution in [3.8, 4) is 0 Å². The van der Waals surface area contributed by atoms with Gasteiger partial charge >= 0.3 is 0 Å². The molecule has 4 rings (SSSR count). The predicted octanol–water partition coefficient (Wildman–Crippen LogP) is 2.69. The summed E-state index contributed by atoms with van der Waals surface area (Å²) in [5.74, 6) is 0. The zero-order valence-electron chi connectivity index (χ0n) is 13.1. The lowest BCUT2D eigenvalue weighted by molar-refractivity contribution is -0.384. The van der Waals surface area contributed by atoms with Crippen LogP contribution in [-0.2, 0) is 16.4 Å². The number of non-ortho nitro benzene ring substituents is 1. The first-order valence-electron chi connectivity index (χ1n) is 7.78. The molecule has 2 heterocycles. The van der Waals surface area contributed by atoms with E-state index < -0.39 is 14.9 Å². The van der Waals surface area contributed by atoms with Crippen molar-refractivity contribution in [2.45, 2.75) is 17.4 Å². The molecule has 0 spiro atoms. The van der Waals surface area contributed by atoms with Gasteiger partial charge in [-0.2, -0.15) is 4.31 Å². The van der Waals surface area contributed by atoms with Gasteiger partial charge in [0.05, 0.1) is 9.82 Å². The van der Waals surface area contributed by atoms with Gasteiger partial charge in [-0.05, 0) is 30.2 Å². The number of fused-ring (bicyclic) bond motifs is 1. The van der Waals surface area contributed by atoms with Crippen LogP contribution in [-0.4, -0.2) is 35.2 Å². The van der Waals surface area contributed by atoms with Gasteiger partial charge in [0.1, 0.15) is 0 Å². The molecule has 1 aromatic heterocycles. The van der Waals surface area contributed by atoms with Gasteiger partial charge in [0.15, 0.2) is 0 Å². The third-order valence-corrected chi connectivity index (χ3v) is 6.38. The lowest BCUT2D eigenvalue weighted by Crippen LogP contribution is -2.15. The van der Waals surface area contributed by atoms with Gasteiger partial charge in [-0.15, -0.1) is 0 Å². The zero-order chi connectivity index (χ0) is 17.6. The van der Waals surface area contributed by atoms with Crippen LogP contribution in [0.4, 0.5) is 5.69 Å². The second-order valence-corrected chi connectivity index (χ2v) is 7.93. The smallest absolute Gasteiger partial charge is 0.269 e. The molecule has 128 valence electrons. The maximum Gasteiger partial charge on any atom is 0.269 e. The van der Waals surface area contributed by atoms with Gasteiger partial charge in [-0.3, -0.25) is 10.1 Å². The Hall–Kier alpha value is -2.71. The summed E-state index contributed by atoms with van der Waals surface area (Å²) in [7, 11) is -3.61. The minimum atomic E-state index is -3.61. The van der Waals surface area contributed by atoms with E-state index >= 15 is 0 Å². The largest absolute Gasteiger partial charge is 0.361 e. The normalized spacial score (nSPS) is 19.8. The van der Waals surface area contributed by atoms with Gasteiger partial charge in [-0.1, -0.05) is 18.2 Å². The Balaban J connectivity index is 1.52. The molecule has 2 unspecified atom stereocenters. The summed E-state index contributed by atoms with van der Waals surface area (Å²) in [6, 6.07) is 12.8. The lowest BCUT2D eigenvalue weighted by atomic mass is 10.1. The van der Waals surface area contributed by atoms with Crippen LogP contribution in [0, 0.1) is 10.1 Å². The van der Waals surface area contributed by atoms with E-state index in [1.165, 1.54) is 28.6 Å². The lowest BCUT2D eigenvalue weighted by Gasteiger charge is -2.06. The molecule has 0 bridgehead atoms. The SMILES string of the molecule is O=[N+]([O-])c1ccc(S(=O)(=O)N2CC2Cc2c[nH]c3ccccc23)cc1. The second kappa shape index (κ2) is 5.68. The van der Waals surface area contributed by atoms with E-state index in [0.29, 0.717) is 13.0 Å². The Morgan fingerprint density at radius 1 is 1.16 bits per heavy atom. The molecule has 0 amide bonds. The summed E-state index contributed by atoms with van der Waals surface area (Å²) in [4.78, 5) is 13.4. The Morgan fingerprint density at radius 3 is 2.60 bits per heavy atom. The van der Waals surface area contributed by atoms with E-state index in [2.05, 4.69) is 4.98 Å². The maximum atomic E-state index is 12.6. The fraction of sp³-hybridized carbons (Fsp3) is 0.176. The molecule has 25 heavy (non-hydrogen) atoms. The topological polar surface area (TPSA) is 96.1 Å². The van der Waals surface area contributed by atoms with Crippen molar-refractivity contribution >= 4 is 26.6 Å². The van der Waals surface area contributed by atoms with Gasteiger partial charge in [0.25, 0.3) is 5.69 Å². The number of para-hydroxylation sites is 1. The third-order valence-electron chi connectivity index (χ3n) is 4.45. The quantitative estimate of drug-likeness (QED) is 0.431. The average molecular weight is 357 g/mol. The van der Waals surface area contributed by atoms with Crippen LogP contribution in [0.1, 0.15) is 5.56 Å². The van der Waals surface area contributed by atoms with Crippen molar-refractivity contribution in [1.82, 2.24) is 9.29 Å². The molecule has 1 fully saturated rings. The van der Waals surface area contributed by atoms with Crippen LogP contribution in [0.15, 0.2) is 59.6 Å². The number of aromatic amines is 1. The summed E-state index contributed by atoms with van der Waals surface area (Å²) in [5.41, 5.74) is 1.99. The summed E-state index contributed by atoms with van der Waals surface area (Å²) >= 11 is 0. The molecule has 2 atom stereocenters. The van der Waals surface area contributed by atoms with E-state index in [9.17, 15) is 18.5 Å². The molecule has 0 aliphatic carbocycles. The van der Waals surface area contributed by atoms with Crippen molar-refractivity contribution < 1.29 is 13.3 Å². The fourth-order valence-electron chi connectivity index (χ4n) is 3.05. The summed E-state index contributed by atoms with van der Waals surface area (Å²) in [6.45, 7) is 0.457. The molecule has 0 saturated carbocycles. The first-order chi connectivity index (χ1) is 12.0. The Morgan fingerprint density at radius 2 is 1.88 bits per heavy atom. The number of nitrogens with zero attached hydrogens (tertiary/aromatic N) is 2. The average Bonchev–Trinajstić information content (AvgIpc) is 3.28. The van der Waals surface area contributed by atoms with Crippen LogP contribution >= 0.6 is 0 Å². The molecule has 1 aliphatic heterocycles. The van der Waals surface area contributed by atoms with Gasteiger partial charge in [0, 0.05) is 41.8 Å². The molecule has 1 N–H and O–H groups in total. The molecule has 7 nitrogen and oxygen atoms in total. The van der Waals surface area contributed by atoms with E-state index in [1.807, 2.05) is 30.5 Å². The summed E-state index contributed by atoms with van der Waals surface area (Å²) < 4.78 is 26.7. The van der Waals surface area contributed by atoms with Crippen LogP contribution in [0.25, 0.3) is 10.9 Å². The first-order valence-corrected chi connectivity index (χ1v) is 9.22. The highest BCUT2D eigenvalue weighted by atomic mass is 32.2. The number of benzene rings is 2. The highest BCUT2D eigenvalue weighted by Crippen LogP contribution is 2.32. The number of nitrogens with one attached hydrogen (secondary N) is 1. The Kier molecular flexibility index (Phi) is 3.59. The van der Waals surface area contributed by atoms with E-state index in [4.69, 9.17) is 0 Å². The van der Waals surface area contributed by atoms with Crippen molar-refractivity contribution in [3.05, 3.63) is 70.4 Å². The van der Waals surface area contributed by atoms with Crippen LogP contribution in [0.2, 0.25) is 0 Å². The summed E-state index contributed by atoms with van der Waals surface area (Å²) in [5, 5.41) is 11.8. The number of hydrogen-bond donors (Lipinski definition) is 1. The van der Waals surface area contributed by atoms with Gasteiger partial charge in [-0.25, -0.2) is 8.42 Å². The van der Waals surface area contributed by atoms with Crippen molar-refractivity contribution in [2.24, 2.45) is 0 Å². The Labute approximate surface area is 144 Å². The molecule has 8 heteroatoms. The molecule has 1 aliphatic rings. The number of nitro groups is 1. The van der Waals surface area contributed by atoms with Crippen LogP contribution in [0.3, 0.4) is 0 Å². The molecular weight excluding hydrogens is 342 g/mol. The highest BCUT2D eigenvalue weighted by Gasteiger charge is 2.44. The molecule has 3 aromatic rings. The second-order valence-electron chi connectivity index (χ2n) is 6.04. The number of hydrogen-bond acceptors (Lipinski definition) is 4. The number of H-pyrrole nitrogens is 1. The summed E-state index contributed by atoms with van der Waals surface area (Å²) in [6.07, 6.45) is 2.55. The fourth-order valence-corrected chi connectivity index (χ4v) is 4.64. The third kappa shape index (κ3) is 2.79. The van der Waals surface area contributed by atoms with E-state index in [1.54, 1.807) is 0 Å². The van der Waals surface area contributed by atoms with Crippen LogP contribution in [0.5, 0.6) is 0 Å². The van der Waals surface area contributed by atoms with Crippen LogP contribution < -0.4 is 0 Å². The standard InChI is InChI=1S/C17H15N3O4S/c21-20(22)13-5-7-15(8-6-13)25(23,24)19-11-14(19)9-12-10-18-17-4-2-1-3-16(12)17/h1-8,10,14,18H,9,11H2. The number of sulfonamides is 1. The Bertz CT molecular complexity index is 1060. The predicted molar refractivity (Wildman–Crippen MR) is 92.8 cm³/mol. The molecule has 2 aromatic carbocycles. The molecular formula is C17H15N3O4S. The number of aromatic nitrogens is 1. The van der Waals surface area contributed by atoms with E-state index in [0.717, 1.165) is 16.5 Å². The first kappa shape index (κ1) is 15.8. The minimum Gasteiger partial charge on any atom is -0.361 e. The van der Waals surface area contributed by atoms with Gasteiger partial charge in [0.2, 0.25) is 10.0 Å². The number of nitro benzene ring substituents is 1. The van der Waals surface area contributed by atoms with Gasteiger partial charge < -0.3 is 4.98 Å². The maximum absolute atomic E-state index is 12.6.